The highest BCUT2D eigenvalue weighted by Gasteiger charge is 2.23. The first-order valence-corrected chi connectivity index (χ1v) is 6.30. The lowest BCUT2D eigenvalue weighted by atomic mass is 10.1. The average Bonchev–Trinajstić information content (AvgIpc) is 2.65. The van der Waals surface area contributed by atoms with E-state index in [1.54, 1.807) is 13.8 Å². The molecule has 1 rings (SSSR count). The molecule has 0 saturated carbocycles. The van der Waals surface area contributed by atoms with E-state index in [0.717, 1.165) is 10.5 Å². The molecule has 0 aliphatic rings. The molecule has 1 aromatic rings. The molecule has 1 aromatic heterocycles. The lowest BCUT2D eigenvalue weighted by Gasteiger charge is -2.03. The van der Waals surface area contributed by atoms with Crippen LogP contribution in [0.15, 0.2) is 6.08 Å². The molecule has 0 aliphatic heterocycles. The number of carbonyl (C=O) groups is 2. The van der Waals surface area contributed by atoms with Crippen molar-refractivity contribution in [2.24, 2.45) is 0 Å². The Labute approximate surface area is 115 Å². The van der Waals surface area contributed by atoms with E-state index in [2.05, 4.69) is 5.32 Å². The number of methoxy groups -OCH3 is 1. The number of carbonyl (C=O) groups excluding carboxylic acids is 2. The lowest BCUT2D eigenvalue weighted by Crippen LogP contribution is -2.10. The molecule has 0 fully saturated rings. The number of thiophene rings is 1. The van der Waals surface area contributed by atoms with Crippen LogP contribution in [0.5, 0.6) is 0 Å². The van der Waals surface area contributed by atoms with Gasteiger partial charge in [0, 0.05) is 17.9 Å². The van der Waals surface area contributed by atoms with Crippen molar-refractivity contribution in [3.63, 3.8) is 0 Å². The minimum atomic E-state index is -0.506. The SMILES string of the molecule is COC(=O)c1c(NC(C)=O)sc(/C(C)=C/C#N)c1C. The van der Waals surface area contributed by atoms with Gasteiger partial charge in [-0.15, -0.1) is 11.3 Å². The number of esters is 1. The highest BCUT2D eigenvalue weighted by atomic mass is 32.1. The zero-order valence-electron chi connectivity index (χ0n) is 11.2. The summed E-state index contributed by atoms with van der Waals surface area (Å²) in [6, 6.07) is 1.95. The van der Waals surface area contributed by atoms with Crippen molar-refractivity contribution < 1.29 is 14.3 Å². The van der Waals surface area contributed by atoms with Gasteiger partial charge in [-0.2, -0.15) is 5.26 Å². The monoisotopic (exact) mass is 278 g/mol. The standard InChI is InChI=1S/C13H14N2O3S/c1-7(5-6-14)11-8(2)10(13(17)18-4)12(19-11)15-9(3)16/h5H,1-4H3,(H,15,16)/b7-5+. The predicted octanol–water partition coefficient (Wildman–Crippen LogP) is 2.73. The maximum Gasteiger partial charge on any atom is 0.341 e. The Balaban J connectivity index is 3.43. The van der Waals surface area contributed by atoms with Crippen LogP contribution < -0.4 is 5.32 Å². The minimum absolute atomic E-state index is 0.264. The van der Waals surface area contributed by atoms with Crippen LogP contribution in [-0.2, 0) is 9.53 Å². The van der Waals surface area contributed by atoms with Gasteiger partial charge in [0.2, 0.25) is 5.91 Å². The number of hydrogen-bond acceptors (Lipinski definition) is 5. The molecule has 0 atom stereocenters. The molecule has 6 heteroatoms. The highest BCUT2D eigenvalue weighted by molar-refractivity contribution is 7.18. The molecule has 0 bridgehead atoms. The van der Waals surface area contributed by atoms with Crippen molar-refractivity contribution >= 4 is 33.8 Å². The molecular formula is C13H14N2O3S. The van der Waals surface area contributed by atoms with Gasteiger partial charge in [-0.1, -0.05) is 0 Å². The molecule has 1 N–H and O–H groups in total. The van der Waals surface area contributed by atoms with Gasteiger partial charge in [0.1, 0.15) is 5.00 Å². The quantitative estimate of drug-likeness (QED) is 0.681. The first kappa shape index (κ1) is 14.9. The number of ether oxygens (including phenoxy) is 1. The lowest BCUT2D eigenvalue weighted by molar-refractivity contribution is -0.114. The molecule has 1 amide bonds. The third-order valence-electron chi connectivity index (χ3n) is 2.47. The van der Waals surface area contributed by atoms with Crippen LogP contribution in [0.4, 0.5) is 5.00 Å². The number of hydrogen-bond donors (Lipinski definition) is 1. The fourth-order valence-electron chi connectivity index (χ4n) is 1.65. The molecule has 1 heterocycles. The van der Waals surface area contributed by atoms with Crippen molar-refractivity contribution in [1.29, 1.82) is 5.26 Å². The Morgan fingerprint density at radius 3 is 2.53 bits per heavy atom. The van der Waals surface area contributed by atoms with Gasteiger partial charge in [-0.05, 0) is 25.0 Å². The minimum Gasteiger partial charge on any atom is -0.465 e. The number of nitriles is 1. The molecule has 0 radical (unpaired) electrons. The molecular weight excluding hydrogens is 264 g/mol. The molecule has 0 saturated heterocycles. The summed E-state index contributed by atoms with van der Waals surface area (Å²) in [5.41, 5.74) is 1.78. The summed E-state index contributed by atoms with van der Waals surface area (Å²) in [6.07, 6.45) is 1.40. The summed E-state index contributed by atoms with van der Waals surface area (Å²) in [6.45, 7) is 4.91. The predicted molar refractivity (Wildman–Crippen MR) is 74.0 cm³/mol. The van der Waals surface area contributed by atoms with Crippen molar-refractivity contribution in [3.8, 4) is 6.07 Å². The van der Waals surface area contributed by atoms with E-state index >= 15 is 0 Å². The van der Waals surface area contributed by atoms with E-state index in [9.17, 15) is 9.59 Å². The number of anilines is 1. The number of allylic oxidation sites excluding steroid dienone is 2. The molecule has 0 spiro atoms. The zero-order valence-corrected chi connectivity index (χ0v) is 12.0. The number of nitrogens with zero attached hydrogens (tertiary/aromatic N) is 1. The summed E-state index contributed by atoms with van der Waals surface area (Å²) in [7, 11) is 1.29. The van der Waals surface area contributed by atoms with Crippen molar-refractivity contribution in [1.82, 2.24) is 0 Å². The maximum atomic E-state index is 11.8. The molecule has 100 valence electrons. The van der Waals surface area contributed by atoms with Crippen molar-refractivity contribution in [2.75, 3.05) is 12.4 Å². The number of amides is 1. The summed E-state index contributed by atoms with van der Waals surface area (Å²) in [4.78, 5) is 23.7. The number of rotatable bonds is 3. The third-order valence-corrected chi connectivity index (χ3v) is 3.81. The van der Waals surface area contributed by atoms with E-state index in [-0.39, 0.29) is 5.91 Å². The van der Waals surface area contributed by atoms with E-state index in [4.69, 9.17) is 10.00 Å². The van der Waals surface area contributed by atoms with Gasteiger partial charge in [0.25, 0.3) is 0 Å². The molecule has 0 aliphatic carbocycles. The third kappa shape index (κ3) is 3.20. The Morgan fingerprint density at radius 1 is 1.42 bits per heavy atom. The Morgan fingerprint density at radius 2 is 2.05 bits per heavy atom. The molecule has 0 aromatic carbocycles. The largest absolute Gasteiger partial charge is 0.465 e. The second-order valence-electron chi connectivity index (χ2n) is 3.89. The van der Waals surface area contributed by atoms with Gasteiger partial charge in [-0.3, -0.25) is 4.79 Å². The zero-order chi connectivity index (χ0) is 14.6. The topological polar surface area (TPSA) is 79.2 Å². The van der Waals surface area contributed by atoms with Gasteiger partial charge >= 0.3 is 5.97 Å². The summed E-state index contributed by atoms with van der Waals surface area (Å²) >= 11 is 1.25. The molecule has 5 nitrogen and oxygen atoms in total. The molecule has 19 heavy (non-hydrogen) atoms. The summed E-state index contributed by atoms with van der Waals surface area (Å²) in [5, 5.41) is 11.7. The van der Waals surface area contributed by atoms with Crippen LogP contribution in [0.2, 0.25) is 0 Å². The van der Waals surface area contributed by atoms with Crippen LogP contribution in [-0.4, -0.2) is 19.0 Å². The van der Waals surface area contributed by atoms with E-state index < -0.39 is 5.97 Å². The van der Waals surface area contributed by atoms with Gasteiger partial charge in [-0.25, -0.2) is 4.79 Å². The van der Waals surface area contributed by atoms with Crippen LogP contribution in [0.1, 0.15) is 34.6 Å². The average molecular weight is 278 g/mol. The van der Waals surface area contributed by atoms with E-state index in [1.165, 1.54) is 31.4 Å². The fraction of sp³-hybridized carbons (Fsp3) is 0.308. The maximum absolute atomic E-state index is 11.8. The van der Waals surface area contributed by atoms with Crippen LogP contribution in [0.25, 0.3) is 5.57 Å². The van der Waals surface area contributed by atoms with Gasteiger partial charge in [0.05, 0.1) is 18.7 Å². The van der Waals surface area contributed by atoms with Crippen LogP contribution >= 0.6 is 11.3 Å². The first-order valence-electron chi connectivity index (χ1n) is 5.48. The van der Waals surface area contributed by atoms with Gasteiger partial charge < -0.3 is 10.1 Å². The highest BCUT2D eigenvalue weighted by Crippen LogP contribution is 2.37. The van der Waals surface area contributed by atoms with Gasteiger partial charge in [0.15, 0.2) is 0 Å². The summed E-state index contributed by atoms with van der Waals surface area (Å²) < 4.78 is 4.72. The normalized spacial score (nSPS) is 10.8. The van der Waals surface area contributed by atoms with E-state index in [1.807, 2.05) is 6.07 Å². The molecule has 0 unspecified atom stereocenters. The Kier molecular flexibility index (Phi) is 4.84. The smallest absolute Gasteiger partial charge is 0.341 e. The van der Waals surface area contributed by atoms with Crippen LogP contribution in [0, 0.1) is 18.3 Å². The fourth-order valence-corrected chi connectivity index (χ4v) is 2.86. The van der Waals surface area contributed by atoms with Crippen molar-refractivity contribution in [3.05, 3.63) is 22.1 Å². The Bertz CT molecular complexity index is 594. The number of nitrogens with one attached hydrogen (secondary N) is 1. The second-order valence-corrected chi connectivity index (χ2v) is 4.91. The van der Waals surface area contributed by atoms with Crippen LogP contribution in [0.3, 0.4) is 0 Å². The van der Waals surface area contributed by atoms with Crippen molar-refractivity contribution in [2.45, 2.75) is 20.8 Å². The Hall–Kier alpha value is -2.13. The van der Waals surface area contributed by atoms with E-state index in [0.29, 0.717) is 16.1 Å². The first-order chi connectivity index (χ1) is 8.92. The summed E-state index contributed by atoms with van der Waals surface area (Å²) in [5.74, 6) is -0.770. The second kappa shape index (κ2) is 6.16.